The van der Waals surface area contributed by atoms with Crippen LogP contribution in [0.15, 0.2) is 18.2 Å². The Hall–Kier alpha value is -1.71. The fourth-order valence-corrected chi connectivity index (χ4v) is 2.77. The van der Waals surface area contributed by atoms with Crippen LogP contribution < -0.4 is 16.0 Å². The third kappa shape index (κ3) is 3.00. The molecular weight excluding hydrogens is 238 g/mol. The lowest BCUT2D eigenvalue weighted by Crippen LogP contribution is -2.29. The minimum Gasteiger partial charge on any atom is -0.397 e. The van der Waals surface area contributed by atoms with Gasteiger partial charge < -0.3 is 16.0 Å². The van der Waals surface area contributed by atoms with E-state index in [2.05, 4.69) is 17.3 Å². The lowest BCUT2D eigenvalue weighted by atomic mass is 10.1. The number of rotatable bonds is 4. The summed E-state index contributed by atoms with van der Waals surface area (Å²) in [5.41, 5.74) is 8.44. The number of carbonyl (C=O) groups excluding carboxylic acids is 1. The first-order valence-electron chi connectivity index (χ1n) is 7.04. The Bertz CT molecular complexity index is 453. The molecule has 0 aromatic heterocycles. The van der Waals surface area contributed by atoms with E-state index < -0.39 is 0 Å². The van der Waals surface area contributed by atoms with Gasteiger partial charge in [-0.25, -0.2) is 0 Å². The molecule has 0 atom stereocenters. The van der Waals surface area contributed by atoms with Crippen LogP contribution in [0.2, 0.25) is 0 Å². The van der Waals surface area contributed by atoms with Crippen molar-refractivity contribution >= 4 is 17.3 Å². The second kappa shape index (κ2) is 5.95. The molecule has 3 N–H and O–H groups in total. The van der Waals surface area contributed by atoms with Crippen molar-refractivity contribution in [3.8, 4) is 0 Å². The molecular formula is C15H23N3O. The highest BCUT2D eigenvalue weighted by atomic mass is 16.1. The van der Waals surface area contributed by atoms with Gasteiger partial charge in [-0.15, -0.1) is 0 Å². The number of benzene rings is 1. The molecule has 0 unspecified atom stereocenters. The first-order valence-corrected chi connectivity index (χ1v) is 7.04. The smallest absolute Gasteiger partial charge is 0.251 e. The van der Waals surface area contributed by atoms with Gasteiger partial charge in [0.2, 0.25) is 0 Å². The molecule has 0 bridgehead atoms. The topological polar surface area (TPSA) is 58.4 Å². The van der Waals surface area contributed by atoms with Crippen molar-refractivity contribution in [2.24, 2.45) is 0 Å². The molecule has 0 aliphatic heterocycles. The summed E-state index contributed by atoms with van der Waals surface area (Å²) in [4.78, 5) is 14.0. The van der Waals surface area contributed by atoms with Gasteiger partial charge in [-0.05, 0) is 38.0 Å². The predicted octanol–water partition coefficient (Wildman–Crippen LogP) is 2.40. The zero-order chi connectivity index (χ0) is 13.8. The molecule has 2 rings (SSSR count). The van der Waals surface area contributed by atoms with E-state index in [0.717, 1.165) is 5.69 Å². The van der Waals surface area contributed by atoms with Gasteiger partial charge in [0.25, 0.3) is 5.91 Å². The van der Waals surface area contributed by atoms with Gasteiger partial charge in [0.1, 0.15) is 0 Å². The van der Waals surface area contributed by atoms with E-state index >= 15 is 0 Å². The summed E-state index contributed by atoms with van der Waals surface area (Å²) in [5.74, 6) is -0.0655. The Kier molecular flexibility index (Phi) is 4.30. The highest BCUT2D eigenvalue weighted by molar-refractivity contribution is 5.96. The molecule has 0 saturated heterocycles. The van der Waals surface area contributed by atoms with E-state index in [1.165, 1.54) is 25.7 Å². The average molecular weight is 261 g/mol. The van der Waals surface area contributed by atoms with Gasteiger partial charge in [0, 0.05) is 25.2 Å². The molecule has 4 nitrogen and oxygen atoms in total. The summed E-state index contributed by atoms with van der Waals surface area (Å²) in [6.07, 6.45) is 5.06. The predicted molar refractivity (Wildman–Crippen MR) is 79.5 cm³/mol. The average Bonchev–Trinajstić information content (AvgIpc) is 2.92. The standard InChI is InChI=1S/C15H23N3O/c1-3-17-15(19)11-8-9-14(13(16)10-11)18(2)12-6-4-5-7-12/h8-10,12H,3-7,16H2,1-2H3,(H,17,19). The molecule has 1 saturated carbocycles. The molecule has 0 radical (unpaired) electrons. The van der Waals surface area contributed by atoms with Gasteiger partial charge in [-0.1, -0.05) is 12.8 Å². The zero-order valence-corrected chi connectivity index (χ0v) is 11.8. The molecule has 1 amide bonds. The van der Waals surface area contributed by atoms with Gasteiger partial charge in [0.15, 0.2) is 0 Å². The Morgan fingerprint density at radius 3 is 2.68 bits per heavy atom. The van der Waals surface area contributed by atoms with Crippen molar-refractivity contribution in [2.75, 3.05) is 24.2 Å². The Balaban J connectivity index is 2.16. The molecule has 1 aromatic carbocycles. The number of amides is 1. The fraction of sp³-hybridized carbons (Fsp3) is 0.533. The maximum absolute atomic E-state index is 11.8. The monoisotopic (exact) mass is 261 g/mol. The Morgan fingerprint density at radius 2 is 2.11 bits per heavy atom. The third-order valence-corrected chi connectivity index (χ3v) is 3.88. The lowest BCUT2D eigenvalue weighted by molar-refractivity contribution is 0.0956. The number of carbonyl (C=O) groups is 1. The number of nitrogens with two attached hydrogens (primary N) is 1. The van der Waals surface area contributed by atoms with Crippen LogP contribution in [0.5, 0.6) is 0 Å². The zero-order valence-electron chi connectivity index (χ0n) is 11.8. The molecule has 0 heterocycles. The summed E-state index contributed by atoms with van der Waals surface area (Å²) in [6.45, 7) is 2.53. The first-order chi connectivity index (χ1) is 9.13. The first kappa shape index (κ1) is 13.7. The number of hydrogen-bond acceptors (Lipinski definition) is 3. The van der Waals surface area contributed by atoms with E-state index in [0.29, 0.717) is 23.8 Å². The summed E-state index contributed by atoms with van der Waals surface area (Å²) >= 11 is 0. The van der Waals surface area contributed by atoms with Crippen molar-refractivity contribution in [1.29, 1.82) is 0 Å². The minimum atomic E-state index is -0.0655. The van der Waals surface area contributed by atoms with Crippen LogP contribution >= 0.6 is 0 Å². The summed E-state index contributed by atoms with van der Waals surface area (Å²) in [6, 6.07) is 6.16. The van der Waals surface area contributed by atoms with Crippen molar-refractivity contribution in [1.82, 2.24) is 5.32 Å². The quantitative estimate of drug-likeness (QED) is 0.818. The maximum atomic E-state index is 11.8. The molecule has 1 fully saturated rings. The van der Waals surface area contributed by atoms with E-state index in [1.807, 2.05) is 19.1 Å². The molecule has 1 aliphatic carbocycles. The lowest BCUT2D eigenvalue weighted by Gasteiger charge is -2.28. The van der Waals surface area contributed by atoms with Crippen molar-refractivity contribution in [3.05, 3.63) is 23.8 Å². The fourth-order valence-electron chi connectivity index (χ4n) is 2.77. The normalized spacial score (nSPS) is 15.5. The van der Waals surface area contributed by atoms with Crippen LogP contribution in [0.4, 0.5) is 11.4 Å². The van der Waals surface area contributed by atoms with Crippen LogP contribution in [0, 0.1) is 0 Å². The minimum absolute atomic E-state index is 0.0655. The van der Waals surface area contributed by atoms with Crippen LogP contribution in [0.3, 0.4) is 0 Å². The van der Waals surface area contributed by atoms with Gasteiger partial charge in [0.05, 0.1) is 11.4 Å². The number of hydrogen-bond donors (Lipinski definition) is 2. The molecule has 19 heavy (non-hydrogen) atoms. The van der Waals surface area contributed by atoms with Crippen LogP contribution in [0.1, 0.15) is 43.0 Å². The second-order valence-corrected chi connectivity index (χ2v) is 5.18. The molecule has 1 aromatic rings. The van der Waals surface area contributed by atoms with E-state index in [-0.39, 0.29) is 5.91 Å². The summed E-state index contributed by atoms with van der Waals surface area (Å²) < 4.78 is 0. The van der Waals surface area contributed by atoms with Crippen LogP contribution in [-0.4, -0.2) is 25.5 Å². The number of nitrogens with one attached hydrogen (secondary N) is 1. The van der Waals surface area contributed by atoms with Crippen molar-refractivity contribution in [2.45, 2.75) is 38.6 Å². The van der Waals surface area contributed by atoms with Crippen LogP contribution in [-0.2, 0) is 0 Å². The SMILES string of the molecule is CCNC(=O)c1ccc(N(C)C2CCCC2)c(N)c1. The molecule has 104 valence electrons. The maximum Gasteiger partial charge on any atom is 0.251 e. The number of nitrogens with zero attached hydrogens (tertiary/aromatic N) is 1. The Labute approximate surface area is 115 Å². The van der Waals surface area contributed by atoms with Gasteiger partial charge >= 0.3 is 0 Å². The van der Waals surface area contributed by atoms with E-state index in [9.17, 15) is 4.79 Å². The van der Waals surface area contributed by atoms with Crippen LogP contribution in [0.25, 0.3) is 0 Å². The molecule has 0 spiro atoms. The van der Waals surface area contributed by atoms with Crippen molar-refractivity contribution < 1.29 is 4.79 Å². The van der Waals surface area contributed by atoms with Gasteiger partial charge in [-0.3, -0.25) is 4.79 Å². The Morgan fingerprint density at radius 1 is 1.42 bits per heavy atom. The molecule has 4 heteroatoms. The highest BCUT2D eigenvalue weighted by Gasteiger charge is 2.21. The third-order valence-electron chi connectivity index (χ3n) is 3.88. The summed E-state index contributed by atoms with van der Waals surface area (Å²) in [5, 5.41) is 2.78. The summed E-state index contributed by atoms with van der Waals surface area (Å²) in [7, 11) is 2.09. The van der Waals surface area contributed by atoms with Crippen molar-refractivity contribution in [3.63, 3.8) is 0 Å². The number of nitrogen functional groups attached to an aromatic ring is 1. The van der Waals surface area contributed by atoms with E-state index in [1.54, 1.807) is 6.07 Å². The highest BCUT2D eigenvalue weighted by Crippen LogP contribution is 2.30. The second-order valence-electron chi connectivity index (χ2n) is 5.18. The largest absolute Gasteiger partial charge is 0.397 e. The molecule has 1 aliphatic rings. The number of anilines is 2. The van der Waals surface area contributed by atoms with Gasteiger partial charge in [-0.2, -0.15) is 0 Å². The van der Waals surface area contributed by atoms with E-state index in [4.69, 9.17) is 5.73 Å².